The number of halogens is 2. The van der Waals surface area contributed by atoms with Gasteiger partial charge in [0, 0.05) is 0 Å². The number of benzene rings is 2. The van der Waals surface area contributed by atoms with Gasteiger partial charge < -0.3 is 4.74 Å². The molecular formula is C16H18ClFN2O. The van der Waals surface area contributed by atoms with Crippen molar-refractivity contribution in [3.05, 3.63) is 63.9 Å². The Bertz CT molecular complexity index is 634. The highest BCUT2D eigenvalue weighted by molar-refractivity contribution is 6.31. The van der Waals surface area contributed by atoms with Crippen LogP contribution in [-0.4, -0.2) is 7.11 Å². The lowest BCUT2D eigenvalue weighted by Gasteiger charge is -2.18. The van der Waals surface area contributed by atoms with Crippen LogP contribution in [0.2, 0.25) is 5.02 Å². The van der Waals surface area contributed by atoms with Crippen molar-refractivity contribution in [1.82, 2.24) is 5.43 Å². The first kappa shape index (κ1) is 15.8. The Hall–Kier alpha value is -1.62. The third kappa shape index (κ3) is 3.53. The number of ether oxygens (including phenoxy) is 1. The van der Waals surface area contributed by atoms with Crippen LogP contribution in [0.1, 0.15) is 22.7 Å². The monoisotopic (exact) mass is 308 g/mol. The normalized spacial score (nSPS) is 12.2. The van der Waals surface area contributed by atoms with Crippen molar-refractivity contribution in [3.8, 4) is 5.75 Å². The first-order chi connectivity index (χ1) is 10.1. The average molecular weight is 309 g/mol. The van der Waals surface area contributed by atoms with E-state index >= 15 is 0 Å². The van der Waals surface area contributed by atoms with E-state index in [1.54, 1.807) is 19.2 Å². The van der Waals surface area contributed by atoms with Crippen molar-refractivity contribution in [3.63, 3.8) is 0 Å². The van der Waals surface area contributed by atoms with Crippen molar-refractivity contribution in [1.29, 1.82) is 0 Å². The van der Waals surface area contributed by atoms with Gasteiger partial charge in [-0.25, -0.2) is 4.39 Å². The zero-order chi connectivity index (χ0) is 15.4. The van der Waals surface area contributed by atoms with Crippen LogP contribution < -0.4 is 16.0 Å². The van der Waals surface area contributed by atoms with Gasteiger partial charge in [0.2, 0.25) is 0 Å². The molecule has 0 bridgehead atoms. The second-order valence-electron chi connectivity index (χ2n) is 4.87. The summed E-state index contributed by atoms with van der Waals surface area (Å²) in [5.74, 6) is 6.04. The minimum Gasteiger partial charge on any atom is -0.496 e. The van der Waals surface area contributed by atoms with E-state index in [-0.39, 0.29) is 11.1 Å². The highest BCUT2D eigenvalue weighted by Gasteiger charge is 2.15. The van der Waals surface area contributed by atoms with Crippen molar-refractivity contribution < 1.29 is 9.13 Å². The number of rotatable bonds is 5. The van der Waals surface area contributed by atoms with E-state index in [2.05, 4.69) is 5.43 Å². The molecule has 0 spiro atoms. The predicted molar refractivity (Wildman–Crippen MR) is 82.9 cm³/mol. The predicted octanol–water partition coefficient (Wildman–Crippen LogP) is 3.54. The van der Waals surface area contributed by atoms with Crippen molar-refractivity contribution in [2.24, 2.45) is 5.84 Å². The molecule has 0 radical (unpaired) electrons. The molecule has 0 heterocycles. The molecule has 1 atom stereocenters. The molecule has 3 N–H and O–H groups in total. The summed E-state index contributed by atoms with van der Waals surface area (Å²) in [5, 5.41) is 0.142. The molecule has 0 fully saturated rings. The Morgan fingerprint density at radius 3 is 2.71 bits per heavy atom. The van der Waals surface area contributed by atoms with Crippen molar-refractivity contribution in [2.45, 2.75) is 19.4 Å². The summed E-state index contributed by atoms with van der Waals surface area (Å²) in [6.45, 7) is 1.96. The van der Waals surface area contributed by atoms with Crippen LogP contribution in [0.5, 0.6) is 5.75 Å². The largest absolute Gasteiger partial charge is 0.496 e. The lowest BCUT2D eigenvalue weighted by Crippen LogP contribution is -2.29. The summed E-state index contributed by atoms with van der Waals surface area (Å²) in [5.41, 5.74) is 5.48. The number of nitrogens with two attached hydrogens (primary N) is 1. The minimum atomic E-state index is -0.421. The Balaban J connectivity index is 2.28. The molecule has 2 aromatic rings. The summed E-state index contributed by atoms with van der Waals surface area (Å²) in [6.07, 6.45) is 0.499. The van der Waals surface area contributed by atoms with Gasteiger partial charge in [-0.05, 0) is 42.2 Å². The number of hydrazine groups is 1. The van der Waals surface area contributed by atoms with Gasteiger partial charge in [0.05, 0.1) is 18.2 Å². The second kappa shape index (κ2) is 6.89. The van der Waals surface area contributed by atoms with E-state index in [0.29, 0.717) is 12.0 Å². The Labute approximate surface area is 128 Å². The quantitative estimate of drug-likeness (QED) is 0.656. The molecular weight excluding hydrogens is 291 g/mol. The van der Waals surface area contributed by atoms with E-state index in [1.807, 2.05) is 25.1 Å². The molecule has 2 aromatic carbocycles. The molecule has 1 unspecified atom stereocenters. The molecule has 0 amide bonds. The third-order valence-corrected chi connectivity index (χ3v) is 3.90. The Morgan fingerprint density at radius 2 is 2.10 bits per heavy atom. The fourth-order valence-corrected chi connectivity index (χ4v) is 2.52. The topological polar surface area (TPSA) is 47.3 Å². The van der Waals surface area contributed by atoms with Crippen LogP contribution in [-0.2, 0) is 6.42 Å². The van der Waals surface area contributed by atoms with Gasteiger partial charge in [-0.1, -0.05) is 35.9 Å². The smallest absolute Gasteiger partial charge is 0.142 e. The molecule has 0 aliphatic carbocycles. The molecule has 2 rings (SSSR count). The molecule has 0 aromatic heterocycles. The second-order valence-corrected chi connectivity index (χ2v) is 5.24. The fourth-order valence-electron chi connectivity index (χ4n) is 2.32. The van der Waals surface area contributed by atoms with Gasteiger partial charge in [0.25, 0.3) is 0 Å². The fraction of sp³-hybridized carbons (Fsp3) is 0.250. The molecule has 0 saturated carbocycles. The first-order valence-corrected chi connectivity index (χ1v) is 6.98. The zero-order valence-electron chi connectivity index (χ0n) is 12.0. The molecule has 0 saturated heterocycles. The summed E-state index contributed by atoms with van der Waals surface area (Å²) >= 11 is 6.00. The molecule has 0 aliphatic rings. The summed E-state index contributed by atoms with van der Waals surface area (Å²) < 4.78 is 18.7. The van der Waals surface area contributed by atoms with E-state index in [1.165, 1.54) is 6.07 Å². The highest BCUT2D eigenvalue weighted by Crippen LogP contribution is 2.27. The van der Waals surface area contributed by atoms with Gasteiger partial charge in [0.1, 0.15) is 11.6 Å². The van der Waals surface area contributed by atoms with Gasteiger partial charge in [0.15, 0.2) is 0 Å². The molecule has 21 heavy (non-hydrogen) atoms. The average Bonchev–Trinajstić information content (AvgIpc) is 2.48. The number of hydrogen-bond acceptors (Lipinski definition) is 3. The molecule has 0 aliphatic heterocycles. The van der Waals surface area contributed by atoms with Gasteiger partial charge in [-0.15, -0.1) is 0 Å². The van der Waals surface area contributed by atoms with E-state index in [9.17, 15) is 4.39 Å². The lowest BCUT2D eigenvalue weighted by atomic mass is 9.97. The number of hydrogen-bond donors (Lipinski definition) is 2. The number of aryl methyl sites for hydroxylation is 1. The van der Waals surface area contributed by atoms with Crippen LogP contribution in [0.4, 0.5) is 4.39 Å². The molecule has 3 nitrogen and oxygen atoms in total. The molecule has 5 heteroatoms. The van der Waals surface area contributed by atoms with E-state index in [0.717, 1.165) is 16.9 Å². The summed E-state index contributed by atoms with van der Waals surface area (Å²) in [7, 11) is 1.63. The van der Waals surface area contributed by atoms with Crippen LogP contribution in [0.15, 0.2) is 36.4 Å². The number of methoxy groups -OCH3 is 1. The van der Waals surface area contributed by atoms with Crippen LogP contribution in [0.3, 0.4) is 0 Å². The maximum absolute atomic E-state index is 13.5. The lowest BCUT2D eigenvalue weighted by molar-refractivity contribution is 0.411. The SMILES string of the molecule is COc1ccc(C(Cc2cccc(F)c2Cl)NN)cc1C. The maximum Gasteiger partial charge on any atom is 0.142 e. The Kier molecular flexibility index (Phi) is 5.17. The van der Waals surface area contributed by atoms with Crippen LogP contribution >= 0.6 is 11.6 Å². The Morgan fingerprint density at radius 1 is 1.33 bits per heavy atom. The van der Waals surface area contributed by atoms with E-state index in [4.69, 9.17) is 22.2 Å². The third-order valence-electron chi connectivity index (χ3n) is 3.48. The molecule has 112 valence electrons. The highest BCUT2D eigenvalue weighted by atomic mass is 35.5. The van der Waals surface area contributed by atoms with Crippen molar-refractivity contribution >= 4 is 11.6 Å². The number of nitrogens with one attached hydrogen (secondary N) is 1. The summed E-state index contributed by atoms with van der Waals surface area (Å²) in [6, 6.07) is 10.4. The first-order valence-electron chi connectivity index (χ1n) is 6.60. The van der Waals surface area contributed by atoms with Gasteiger partial charge in [-0.2, -0.15) is 0 Å². The van der Waals surface area contributed by atoms with Gasteiger partial charge >= 0.3 is 0 Å². The zero-order valence-corrected chi connectivity index (χ0v) is 12.7. The minimum absolute atomic E-state index is 0.142. The van der Waals surface area contributed by atoms with Gasteiger partial charge in [-0.3, -0.25) is 11.3 Å². The maximum atomic E-state index is 13.5. The van der Waals surface area contributed by atoms with Crippen molar-refractivity contribution in [2.75, 3.05) is 7.11 Å². The van der Waals surface area contributed by atoms with E-state index < -0.39 is 5.82 Å². The van der Waals surface area contributed by atoms with Crippen LogP contribution in [0.25, 0.3) is 0 Å². The van der Waals surface area contributed by atoms with Crippen LogP contribution in [0, 0.1) is 12.7 Å². The standard InChI is InChI=1S/C16H18ClFN2O/c1-10-8-11(6-7-15(10)21-2)14(20-19)9-12-4-3-5-13(18)16(12)17/h3-8,14,20H,9,19H2,1-2H3. The summed E-state index contributed by atoms with van der Waals surface area (Å²) in [4.78, 5) is 0.